The standard InChI is InChI=1S/C19H22N2OS/c1-13-5-6-17-15(10-13)16-12-20(2)8-7-18(16)21(17)19(22)11-14-4-3-9-23-14/h3-6,9-10,16,18H,7-8,11-12H2,1-2H3/p+1/t16-,18-/m0/s1. The molecular formula is C19H23N2OS+. The highest BCUT2D eigenvalue weighted by atomic mass is 32.1. The summed E-state index contributed by atoms with van der Waals surface area (Å²) >= 11 is 1.67. The minimum atomic E-state index is 0.254. The van der Waals surface area contributed by atoms with Gasteiger partial charge in [-0.2, -0.15) is 0 Å². The summed E-state index contributed by atoms with van der Waals surface area (Å²) in [6, 6.07) is 11.0. The van der Waals surface area contributed by atoms with Crippen LogP contribution < -0.4 is 9.80 Å². The van der Waals surface area contributed by atoms with Gasteiger partial charge in [-0.1, -0.05) is 23.8 Å². The summed E-state index contributed by atoms with van der Waals surface area (Å²) in [5, 5.41) is 2.05. The molecule has 2 aliphatic rings. The Labute approximate surface area is 141 Å². The molecule has 1 aromatic heterocycles. The lowest BCUT2D eigenvalue weighted by Gasteiger charge is -2.34. The quantitative estimate of drug-likeness (QED) is 0.897. The van der Waals surface area contributed by atoms with E-state index in [1.54, 1.807) is 16.2 Å². The number of nitrogens with zero attached hydrogens (tertiary/aromatic N) is 1. The van der Waals surface area contributed by atoms with Crippen LogP contribution in [0.2, 0.25) is 0 Å². The van der Waals surface area contributed by atoms with E-state index in [1.807, 2.05) is 11.4 Å². The molecule has 0 aliphatic carbocycles. The number of hydrogen-bond acceptors (Lipinski definition) is 2. The topological polar surface area (TPSA) is 24.8 Å². The molecule has 1 amide bonds. The normalized spacial score (nSPS) is 26.0. The number of anilines is 1. The average Bonchev–Trinajstić information content (AvgIpc) is 3.13. The number of rotatable bonds is 2. The Hall–Kier alpha value is -1.65. The maximum atomic E-state index is 13.0. The van der Waals surface area contributed by atoms with E-state index >= 15 is 0 Å². The van der Waals surface area contributed by atoms with Gasteiger partial charge >= 0.3 is 0 Å². The molecule has 1 saturated heterocycles. The molecule has 0 bridgehead atoms. The van der Waals surface area contributed by atoms with E-state index in [0.717, 1.165) is 30.1 Å². The molecule has 4 rings (SSSR count). The molecule has 3 atom stereocenters. The molecule has 4 heteroatoms. The van der Waals surface area contributed by atoms with Crippen molar-refractivity contribution in [3.8, 4) is 0 Å². The molecule has 23 heavy (non-hydrogen) atoms. The highest BCUT2D eigenvalue weighted by Crippen LogP contribution is 2.43. The Bertz CT molecular complexity index is 725. The van der Waals surface area contributed by atoms with Gasteiger partial charge in [0, 0.05) is 17.0 Å². The Kier molecular flexibility index (Phi) is 3.74. The lowest BCUT2D eigenvalue weighted by atomic mass is 9.89. The van der Waals surface area contributed by atoms with Crippen molar-refractivity contribution in [1.82, 2.24) is 0 Å². The maximum absolute atomic E-state index is 13.0. The number of nitrogens with one attached hydrogen (secondary N) is 1. The van der Waals surface area contributed by atoms with Crippen LogP contribution in [0, 0.1) is 6.92 Å². The summed E-state index contributed by atoms with van der Waals surface area (Å²) in [5.74, 6) is 0.746. The van der Waals surface area contributed by atoms with E-state index in [1.165, 1.54) is 11.1 Å². The van der Waals surface area contributed by atoms with Crippen molar-refractivity contribution in [3.63, 3.8) is 0 Å². The van der Waals surface area contributed by atoms with Crippen LogP contribution in [0.25, 0.3) is 0 Å². The highest BCUT2D eigenvalue weighted by molar-refractivity contribution is 7.10. The second kappa shape index (κ2) is 5.77. The molecule has 0 saturated carbocycles. The number of fused-ring (bicyclic) bond motifs is 3. The largest absolute Gasteiger partial charge is 0.337 e. The Morgan fingerprint density at radius 2 is 2.26 bits per heavy atom. The zero-order valence-corrected chi connectivity index (χ0v) is 14.5. The van der Waals surface area contributed by atoms with E-state index in [4.69, 9.17) is 0 Å². The number of likely N-dealkylation sites (N-methyl/N-ethyl adjacent to an activating group) is 1. The van der Waals surface area contributed by atoms with Crippen molar-refractivity contribution >= 4 is 22.9 Å². The van der Waals surface area contributed by atoms with Gasteiger partial charge in [-0.15, -0.1) is 11.3 Å². The van der Waals surface area contributed by atoms with Crippen molar-refractivity contribution in [2.45, 2.75) is 31.7 Å². The monoisotopic (exact) mass is 327 g/mol. The van der Waals surface area contributed by atoms with Crippen LogP contribution in [0.1, 0.15) is 28.3 Å². The molecule has 3 nitrogen and oxygen atoms in total. The Morgan fingerprint density at radius 1 is 1.39 bits per heavy atom. The zero-order valence-electron chi connectivity index (χ0n) is 13.7. The number of piperidine rings is 1. The van der Waals surface area contributed by atoms with Gasteiger partial charge in [-0.3, -0.25) is 4.79 Å². The summed E-state index contributed by atoms with van der Waals surface area (Å²) < 4.78 is 0. The number of hydrogen-bond donors (Lipinski definition) is 1. The molecule has 0 radical (unpaired) electrons. The SMILES string of the molecule is Cc1ccc2c(c1)[C@@H]1C[NH+](C)CC[C@@H]1N2C(=O)Cc1cccs1. The molecule has 120 valence electrons. The number of benzene rings is 1. The first-order chi connectivity index (χ1) is 11.1. The lowest BCUT2D eigenvalue weighted by molar-refractivity contribution is -0.886. The van der Waals surface area contributed by atoms with Gasteiger partial charge in [0.1, 0.15) is 0 Å². The van der Waals surface area contributed by atoms with E-state index in [0.29, 0.717) is 18.4 Å². The number of thiophene rings is 1. The van der Waals surface area contributed by atoms with Gasteiger partial charge < -0.3 is 9.80 Å². The van der Waals surface area contributed by atoms with Crippen LogP contribution in [0.5, 0.6) is 0 Å². The van der Waals surface area contributed by atoms with E-state index in [-0.39, 0.29) is 5.91 Å². The van der Waals surface area contributed by atoms with Gasteiger partial charge in [0.2, 0.25) is 5.91 Å². The van der Waals surface area contributed by atoms with E-state index in [9.17, 15) is 4.79 Å². The molecule has 1 aromatic carbocycles. The van der Waals surface area contributed by atoms with Crippen molar-refractivity contribution in [1.29, 1.82) is 0 Å². The third-order valence-electron chi connectivity index (χ3n) is 5.25. The van der Waals surface area contributed by atoms with Crippen LogP contribution in [-0.4, -0.2) is 32.1 Å². The molecule has 3 heterocycles. The van der Waals surface area contributed by atoms with Crippen molar-refractivity contribution in [2.24, 2.45) is 0 Å². The summed E-state index contributed by atoms with van der Waals surface area (Å²) in [4.78, 5) is 17.9. The van der Waals surface area contributed by atoms with Crippen LogP contribution >= 0.6 is 11.3 Å². The fourth-order valence-corrected chi connectivity index (χ4v) is 4.87. The summed E-state index contributed by atoms with van der Waals surface area (Å²) in [7, 11) is 2.27. The first-order valence-electron chi connectivity index (χ1n) is 8.40. The fourth-order valence-electron chi connectivity index (χ4n) is 4.17. The third-order valence-corrected chi connectivity index (χ3v) is 6.12. The minimum absolute atomic E-state index is 0.254. The van der Waals surface area contributed by atoms with Gasteiger partial charge in [0.25, 0.3) is 0 Å². The second-order valence-electron chi connectivity index (χ2n) is 6.96. The van der Waals surface area contributed by atoms with Crippen LogP contribution in [0.3, 0.4) is 0 Å². The van der Waals surface area contributed by atoms with Crippen molar-refractivity contribution in [2.75, 3.05) is 25.0 Å². The number of aryl methyl sites for hydroxylation is 1. The molecule has 2 aliphatic heterocycles. The van der Waals surface area contributed by atoms with Crippen molar-refractivity contribution in [3.05, 3.63) is 51.7 Å². The van der Waals surface area contributed by atoms with Gasteiger partial charge in [-0.25, -0.2) is 0 Å². The predicted molar refractivity (Wildman–Crippen MR) is 94.5 cm³/mol. The molecule has 1 fully saturated rings. The van der Waals surface area contributed by atoms with Crippen LogP contribution in [0.4, 0.5) is 5.69 Å². The lowest BCUT2D eigenvalue weighted by Crippen LogP contribution is -3.11. The molecular weight excluding hydrogens is 304 g/mol. The highest BCUT2D eigenvalue weighted by Gasteiger charge is 2.45. The molecule has 0 spiro atoms. The Balaban J connectivity index is 1.70. The molecule has 1 unspecified atom stereocenters. The summed E-state index contributed by atoms with van der Waals surface area (Å²) in [6.45, 7) is 4.42. The third kappa shape index (κ3) is 2.60. The molecule has 2 aromatic rings. The van der Waals surface area contributed by atoms with E-state index < -0.39 is 0 Å². The second-order valence-corrected chi connectivity index (χ2v) is 7.99. The van der Waals surface area contributed by atoms with Crippen molar-refractivity contribution < 1.29 is 9.69 Å². The first kappa shape index (κ1) is 14.9. The number of likely N-dealkylation sites (tertiary alicyclic amines) is 1. The van der Waals surface area contributed by atoms with Crippen LogP contribution in [-0.2, 0) is 11.2 Å². The summed E-state index contributed by atoms with van der Waals surface area (Å²) in [6.07, 6.45) is 1.62. The number of quaternary nitrogens is 1. The van der Waals surface area contributed by atoms with Gasteiger partial charge in [-0.05, 0) is 30.0 Å². The fraction of sp³-hybridized carbons (Fsp3) is 0.421. The Morgan fingerprint density at radius 3 is 3.04 bits per heavy atom. The zero-order chi connectivity index (χ0) is 16.0. The summed E-state index contributed by atoms with van der Waals surface area (Å²) in [5.41, 5.74) is 3.83. The minimum Gasteiger partial charge on any atom is -0.337 e. The predicted octanol–water partition coefficient (Wildman–Crippen LogP) is 2.02. The average molecular weight is 327 g/mol. The van der Waals surface area contributed by atoms with E-state index in [2.05, 4.69) is 43.1 Å². The first-order valence-corrected chi connectivity index (χ1v) is 9.28. The smallest absolute Gasteiger partial charge is 0.232 e. The van der Waals surface area contributed by atoms with Crippen LogP contribution in [0.15, 0.2) is 35.7 Å². The molecule has 1 N–H and O–H groups in total. The number of carbonyl (C=O) groups is 1. The maximum Gasteiger partial charge on any atom is 0.232 e. The van der Waals surface area contributed by atoms with Gasteiger partial charge in [0.05, 0.1) is 38.5 Å². The van der Waals surface area contributed by atoms with Gasteiger partial charge in [0.15, 0.2) is 0 Å². The number of amides is 1. The number of carbonyl (C=O) groups excluding carboxylic acids is 1.